The van der Waals surface area contributed by atoms with Gasteiger partial charge in [-0.3, -0.25) is 9.78 Å². The van der Waals surface area contributed by atoms with Gasteiger partial charge in [-0.25, -0.2) is 4.98 Å². The Morgan fingerprint density at radius 2 is 2.10 bits per heavy atom. The van der Waals surface area contributed by atoms with Crippen molar-refractivity contribution in [3.8, 4) is 11.1 Å². The number of aromatic amines is 1. The molecule has 0 unspecified atom stereocenters. The number of aromatic nitrogens is 3. The molecule has 4 heterocycles. The number of pyridine rings is 1. The van der Waals surface area contributed by atoms with Gasteiger partial charge in [0.25, 0.3) is 5.91 Å². The SMILES string of the molecule is Cc1cccc2c(-c3ccncc3)c([C@H]3CCCN(C(=O)c4cscn4)C3)[nH]c12. The number of likely N-dealkylation sites (tertiary alicyclic amines) is 1. The van der Waals surface area contributed by atoms with E-state index < -0.39 is 0 Å². The minimum Gasteiger partial charge on any atom is -0.357 e. The summed E-state index contributed by atoms with van der Waals surface area (Å²) in [5.74, 6) is 0.301. The van der Waals surface area contributed by atoms with Crippen LogP contribution in [-0.4, -0.2) is 38.8 Å². The van der Waals surface area contributed by atoms with Crippen molar-refractivity contribution in [3.63, 3.8) is 0 Å². The molecule has 5 nitrogen and oxygen atoms in total. The number of nitrogens with one attached hydrogen (secondary N) is 1. The van der Waals surface area contributed by atoms with Crippen LogP contribution in [0.25, 0.3) is 22.0 Å². The number of para-hydroxylation sites is 1. The standard InChI is InChI=1S/C23H22N4OS/c1-15-4-2-6-18-20(16-7-9-24-10-8-16)22(26-21(15)18)17-5-3-11-27(12-17)23(28)19-13-29-14-25-19/h2,4,6-10,13-14,17,26H,3,5,11-12H2,1H3/t17-/m0/s1. The van der Waals surface area contributed by atoms with Gasteiger partial charge in [0.2, 0.25) is 0 Å². The predicted octanol–water partition coefficient (Wildman–Crippen LogP) is 5.01. The molecule has 6 heteroatoms. The number of carbonyl (C=O) groups excluding carboxylic acids is 1. The highest BCUT2D eigenvalue weighted by Crippen LogP contribution is 2.40. The van der Waals surface area contributed by atoms with Crippen molar-refractivity contribution in [3.05, 3.63) is 70.6 Å². The summed E-state index contributed by atoms with van der Waals surface area (Å²) in [5, 5.41) is 3.06. The zero-order valence-corrected chi connectivity index (χ0v) is 17.1. The molecule has 1 amide bonds. The molecular weight excluding hydrogens is 380 g/mol. The van der Waals surface area contributed by atoms with Crippen LogP contribution in [-0.2, 0) is 0 Å². The van der Waals surface area contributed by atoms with E-state index in [1.807, 2.05) is 22.7 Å². The van der Waals surface area contributed by atoms with Crippen LogP contribution in [0.2, 0.25) is 0 Å². The fourth-order valence-corrected chi connectivity index (χ4v) is 4.92. The van der Waals surface area contributed by atoms with E-state index in [2.05, 4.69) is 52.2 Å². The van der Waals surface area contributed by atoms with Crippen LogP contribution >= 0.6 is 11.3 Å². The molecule has 4 aromatic rings. The number of amides is 1. The van der Waals surface area contributed by atoms with E-state index in [-0.39, 0.29) is 11.8 Å². The fraction of sp³-hybridized carbons (Fsp3) is 0.261. The Labute approximate surface area is 173 Å². The van der Waals surface area contributed by atoms with Crippen LogP contribution in [0.4, 0.5) is 0 Å². The van der Waals surface area contributed by atoms with Crippen LogP contribution in [0.15, 0.2) is 53.6 Å². The van der Waals surface area contributed by atoms with Crippen LogP contribution < -0.4 is 0 Å². The Morgan fingerprint density at radius 3 is 2.90 bits per heavy atom. The first-order chi connectivity index (χ1) is 14.2. The third-order valence-corrected chi connectivity index (χ3v) is 6.39. The molecule has 1 atom stereocenters. The van der Waals surface area contributed by atoms with Gasteiger partial charge in [-0.1, -0.05) is 18.2 Å². The molecule has 29 heavy (non-hydrogen) atoms. The topological polar surface area (TPSA) is 61.9 Å². The van der Waals surface area contributed by atoms with Crippen molar-refractivity contribution in [1.29, 1.82) is 0 Å². The van der Waals surface area contributed by atoms with Crippen molar-refractivity contribution in [1.82, 2.24) is 19.9 Å². The van der Waals surface area contributed by atoms with Gasteiger partial charge < -0.3 is 9.88 Å². The van der Waals surface area contributed by atoms with Gasteiger partial charge in [-0.2, -0.15) is 0 Å². The Bertz CT molecular complexity index is 1150. The molecular formula is C23H22N4OS. The summed E-state index contributed by atoms with van der Waals surface area (Å²) in [4.78, 5) is 27.0. The number of rotatable bonds is 3. The van der Waals surface area contributed by atoms with Gasteiger partial charge in [-0.05, 0) is 43.0 Å². The quantitative estimate of drug-likeness (QED) is 0.524. The molecule has 1 N–H and O–H groups in total. The summed E-state index contributed by atoms with van der Waals surface area (Å²) < 4.78 is 0. The molecule has 0 aliphatic carbocycles. The normalized spacial score (nSPS) is 17.0. The van der Waals surface area contributed by atoms with Crippen molar-refractivity contribution < 1.29 is 4.79 Å². The molecule has 0 saturated carbocycles. The van der Waals surface area contributed by atoms with Crippen LogP contribution in [0.1, 0.15) is 40.5 Å². The maximum absolute atomic E-state index is 12.9. The van der Waals surface area contributed by atoms with E-state index in [4.69, 9.17) is 0 Å². The number of H-pyrrole nitrogens is 1. The summed E-state index contributed by atoms with van der Waals surface area (Å²) >= 11 is 1.46. The largest absolute Gasteiger partial charge is 0.357 e. The van der Waals surface area contributed by atoms with Crippen molar-refractivity contribution in [2.75, 3.05) is 13.1 Å². The van der Waals surface area contributed by atoms with Crippen molar-refractivity contribution in [2.45, 2.75) is 25.7 Å². The lowest BCUT2D eigenvalue weighted by atomic mass is 9.89. The van der Waals surface area contributed by atoms with Crippen molar-refractivity contribution >= 4 is 28.1 Å². The molecule has 1 saturated heterocycles. The van der Waals surface area contributed by atoms with Crippen molar-refractivity contribution in [2.24, 2.45) is 0 Å². The third-order valence-electron chi connectivity index (χ3n) is 5.81. The number of thiazole rings is 1. The Hall–Kier alpha value is -2.99. The average Bonchev–Trinajstić information content (AvgIpc) is 3.43. The highest BCUT2D eigenvalue weighted by atomic mass is 32.1. The first kappa shape index (κ1) is 18.1. The average molecular weight is 403 g/mol. The van der Waals surface area contributed by atoms with E-state index in [1.54, 1.807) is 5.51 Å². The first-order valence-electron chi connectivity index (χ1n) is 9.91. The van der Waals surface area contributed by atoms with Crippen LogP contribution in [0, 0.1) is 6.92 Å². The number of benzene rings is 1. The predicted molar refractivity (Wildman–Crippen MR) is 116 cm³/mol. The molecule has 0 radical (unpaired) electrons. The lowest BCUT2D eigenvalue weighted by molar-refractivity contribution is 0.0701. The number of hydrogen-bond acceptors (Lipinski definition) is 4. The Morgan fingerprint density at radius 1 is 1.24 bits per heavy atom. The zero-order valence-electron chi connectivity index (χ0n) is 16.3. The number of piperidine rings is 1. The Kier molecular flexibility index (Phi) is 4.64. The van der Waals surface area contributed by atoms with Gasteiger partial charge in [0.1, 0.15) is 5.69 Å². The minimum absolute atomic E-state index is 0.0358. The molecule has 3 aromatic heterocycles. The lowest BCUT2D eigenvalue weighted by Crippen LogP contribution is -2.39. The van der Waals surface area contributed by atoms with Gasteiger partial charge in [-0.15, -0.1) is 11.3 Å². The number of nitrogens with zero attached hydrogens (tertiary/aromatic N) is 3. The molecule has 0 bridgehead atoms. The second-order valence-corrected chi connectivity index (χ2v) is 8.33. The van der Waals surface area contributed by atoms with Crippen LogP contribution in [0.3, 0.4) is 0 Å². The number of aryl methyl sites for hydroxylation is 1. The minimum atomic E-state index is 0.0358. The van der Waals surface area contributed by atoms with Gasteiger partial charge >= 0.3 is 0 Å². The molecule has 1 aliphatic heterocycles. The highest BCUT2D eigenvalue weighted by molar-refractivity contribution is 7.07. The van der Waals surface area contributed by atoms with Gasteiger partial charge in [0, 0.05) is 58.9 Å². The van der Waals surface area contributed by atoms with E-state index in [9.17, 15) is 4.79 Å². The highest BCUT2D eigenvalue weighted by Gasteiger charge is 2.29. The smallest absolute Gasteiger partial charge is 0.273 e. The zero-order chi connectivity index (χ0) is 19.8. The maximum atomic E-state index is 12.9. The maximum Gasteiger partial charge on any atom is 0.273 e. The Balaban J connectivity index is 1.57. The van der Waals surface area contributed by atoms with Gasteiger partial charge in [0.15, 0.2) is 0 Å². The lowest BCUT2D eigenvalue weighted by Gasteiger charge is -2.32. The number of carbonyl (C=O) groups is 1. The summed E-state index contributed by atoms with van der Waals surface area (Å²) in [6.45, 7) is 3.63. The molecule has 1 aliphatic rings. The molecule has 146 valence electrons. The number of hydrogen-bond donors (Lipinski definition) is 1. The summed E-state index contributed by atoms with van der Waals surface area (Å²) in [6.07, 6.45) is 5.73. The van der Waals surface area contributed by atoms with Gasteiger partial charge in [0.05, 0.1) is 5.51 Å². The summed E-state index contributed by atoms with van der Waals surface area (Å²) in [6, 6.07) is 10.6. The fourth-order valence-electron chi connectivity index (χ4n) is 4.40. The van der Waals surface area contributed by atoms with E-state index in [0.29, 0.717) is 12.2 Å². The second-order valence-electron chi connectivity index (χ2n) is 7.61. The van der Waals surface area contributed by atoms with Crippen LogP contribution in [0.5, 0.6) is 0 Å². The first-order valence-corrected chi connectivity index (χ1v) is 10.9. The number of fused-ring (bicyclic) bond motifs is 1. The summed E-state index contributed by atoms with van der Waals surface area (Å²) in [7, 11) is 0. The molecule has 1 fully saturated rings. The summed E-state index contributed by atoms with van der Waals surface area (Å²) in [5.41, 5.74) is 8.30. The molecule has 0 spiro atoms. The van der Waals surface area contributed by atoms with E-state index >= 15 is 0 Å². The van der Waals surface area contributed by atoms with E-state index in [1.165, 1.54) is 39.1 Å². The monoisotopic (exact) mass is 402 g/mol. The van der Waals surface area contributed by atoms with E-state index in [0.717, 1.165) is 24.9 Å². The second kappa shape index (κ2) is 7.44. The molecule has 5 rings (SSSR count). The molecule has 1 aromatic carbocycles. The third kappa shape index (κ3) is 3.23.